The number of benzene rings is 1. The average Bonchev–Trinajstić information content (AvgIpc) is 3.24. The lowest BCUT2D eigenvalue weighted by atomic mass is 9.96. The number of aromatic nitrogens is 4. The van der Waals surface area contributed by atoms with Gasteiger partial charge in [-0.2, -0.15) is 0 Å². The maximum Gasteiger partial charge on any atom is 0.250 e. The lowest BCUT2D eigenvalue weighted by molar-refractivity contribution is 0.106. The number of nitrogens with zero attached hydrogens (tertiary/aromatic N) is 4. The van der Waals surface area contributed by atoms with Crippen molar-refractivity contribution >= 4 is 23.0 Å². The molecule has 1 N–H and O–H groups in total. The van der Waals surface area contributed by atoms with E-state index in [0.29, 0.717) is 17.0 Å². The summed E-state index contributed by atoms with van der Waals surface area (Å²) in [5, 5.41) is 19.8. The van der Waals surface area contributed by atoms with Crippen LogP contribution in [0.2, 0.25) is 0 Å². The van der Waals surface area contributed by atoms with E-state index < -0.39 is 17.5 Å². The van der Waals surface area contributed by atoms with E-state index in [2.05, 4.69) is 19.8 Å². The fourth-order valence-electron chi connectivity index (χ4n) is 2.34. The van der Waals surface area contributed by atoms with E-state index in [4.69, 9.17) is 9.83 Å². The van der Waals surface area contributed by atoms with Gasteiger partial charge in [0.1, 0.15) is 10.7 Å². The van der Waals surface area contributed by atoms with E-state index in [9.17, 15) is 9.18 Å². The molecule has 128 valence electrons. The van der Waals surface area contributed by atoms with Gasteiger partial charge in [-0.05, 0) is 37.0 Å². The molecular formula is C16H14FN5O2S. The van der Waals surface area contributed by atoms with Crippen molar-refractivity contribution in [2.24, 2.45) is 0 Å². The monoisotopic (exact) mass is 359 g/mol. The minimum absolute atomic E-state index is 0.0161. The zero-order chi connectivity index (χ0) is 18.0. The van der Waals surface area contributed by atoms with Crippen molar-refractivity contribution in [3.8, 4) is 11.5 Å². The van der Waals surface area contributed by atoms with Crippen LogP contribution in [0.5, 0.6) is 0 Å². The molecule has 0 bridgehead atoms. The summed E-state index contributed by atoms with van der Waals surface area (Å²) in [5.41, 5.74) is 0.476. The number of rotatable bonds is 6. The first-order valence-electron chi connectivity index (χ1n) is 7.53. The Labute approximate surface area is 146 Å². The Hall–Kier alpha value is -2.81. The first-order chi connectivity index (χ1) is 12.0. The SMILES string of the molecule is CCC(C(=N)C(=O)c1snnc1C)c1nnc(-c2ccccc2F)o1. The molecule has 0 fully saturated rings. The van der Waals surface area contributed by atoms with Crippen molar-refractivity contribution in [1.29, 1.82) is 5.41 Å². The normalized spacial score (nSPS) is 12.1. The van der Waals surface area contributed by atoms with Gasteiger partial charge in [-0.3, -0.25) is 4.79 Å². The zero-order valence-electron chi connectivity index (χ0n) is 13.5. The summed E-state index contributed by atoms with van der Waals surface area (Å²) < 4.78 is 23.1. The quantitative estimate of drug-likeness (QED) is 0.534. The molecule has 7 nitrogen and oxygen atoms in total. The fraction of sp³-hybridized carbons (Fsp3) is 0.250. The van der Waals surface area contributed by atoms with E-state index >= 15 is 0 Å². The van der Waals surface area contributed by atoms with Crippen LogP contribution >= 0.6 is 11.5 Å². The van der Waals surface area contributed by atoms with Crippen LogP contribution in [-0.4, -0.2) is 31.3 Å². The molecule has 0 radical (unpaired) electrons. The third-order valence-electron chi connectivity index (χ3n) is 3.70. The number of nitrogens with one attached hydrogen (secondary N) is 1. The molecule has 3 aromatic rings. The predicted octanol–water partition coefficient (Wildman–Crippen LogP) is 3.43. The van der Waals surface area contributed by atoms with Gasteiger partial charge < -0.3 is 9.83 Å². The van der Waals surface area contributed by atoms with Crippen LogP contribution in [0, 0.1) is 18.2 Å². The van der Waals surface area contributed by atoms with E-state index in [-0.39, 0.29) is 23.1 Å². The molecule has 0 spiro atoms. The van der Waals surface area contributed by atoms with Crippen LogP contribution in [0.15, 0.2) is 28.7 Å². The van der Waals surface area contributed by atoms with Crippen LogP contribution in [0.3, 0.4) is 0 Å². The van der Waals surface area contributed by atoms with Gasteiger partial charge in [0, 0.05) is 0 Å². The smallest absolute Gasteiger partial charge is 0.250 e. The highest BCUT2D eigenvalue weighted by atomic mass is 32.1. The lowest BCUT2D eigenvalue weighted by Gasteiger charge is -2.10. The number of hydrogen-bond acceptors (Lipinski definition) is 8. The highest BCUT2D eigenvalue weighted by Gasteiger charge is 2.29. The second-order valence-electron chi connectivity index (χ2n) is 5.32. The zero-order valence-corrected chi connectivity index (χ0v) is 14.3. The first kappa shape index (κ1) is 17.0. The maximum atomic E-state index is 13.8. The standard InChI is InChI=1S/C16H14FN5O2S/c1-3-9(12(18)13(23)14-8(2)19-22-25-14)15-20-21-16(24-15)10-6-4-5-7-11(10)17/h4-7,9,18H,3H2,1-2H3. The molecule has 0 saturated carbocycles. The summed E-state index contributed by atoms with van der Waals surface area (Å²) in [6, 6.07) is 6.04. The molecular weight excluding hydrogens is 345 g/mol. The van der Waals surface area contributed by atoms with E-state index in [1.54, 1.807) is 26.0 Å². The van der Waals surface area contributed by atoms with Crippen molar-refractivity contribution in [2.75, 3.05) is 0 Å². The van der Waals surface area contributed by atoms with Gasteiger partial charge in [0.15, 0.2) is 0 Å². The minimum atomic E-state index is -0.679. The van der Waals surface area contributed by atoms with Gasteiger partial charge >= 0.3 is 0 Å². The largest absolute Gasteiger partial charge is 0.420 e. The molecule has 9 heteroatoms. The number of halogens is 1. The number of aryl methyl sites for hydroxylation is 1. The van der Waals surface area contributed by atoms with Crippen molar-refractivity contribution in [3.05, 3.63) is 46.5 Å². The molecule has 25 heavy (non-hydrogen) atoms. The Balaban J connectivity index is 1.89. The van der Waals surface area contributed by atoms with E-state index in [1.165, 1.54) is 12.1 Å². The topological polar surface area (TPSA) is 106 Å². The van der Waals surface area contributed by atoms with Crippen LogP contribution in [0.25, 0.3) is 11.5 Å². The summed E-state index contributed by atoms with van der Waals surface area (Å²) in [7, 11) is 0. The van der Waals surface area contributed by atoms with E-state index in [1.807, 2.05) is 0 Å². The molecule has 1 atom stereocenters. The Morgan fingerprint density at radius 3 is 2.72 bits per heavy atom. The number of carbonyl (C=O) groups is 1. The van der Waals surface area contributed by atoms with Gasteiger partial charge in [-0.1, -0.05) is 23.5 Å². The van der Waals surface area contributed by atoms with Gasteiger partial charge in [0.05, 0.1) is 22.9 Å². The Morgan fingerprint density at radius 2 is 2.08 bits per heavy atom. The molecule has 1 aromatic carbocycles. The van der Waals surface area contributed by atoms with Crippen molar-refractivity contribution in [2.45, 2.75) is 26.2 Å². The van der Waals surface area contributed by atoms with Crippen molar-refractivity contribution in [3.63, 3.8) is 0 Å². The van der Waals surface area contributed by atoms with E-state index in [0.717, 1.165) is 11.5 Å². The third kappa shape index (κ3) is 3.22. The molecule has 0 saturated heterocycles. The van der Waals surface area contributed by atoms with Gasteiger partial charge in [-0.15, -0.1) is 15.3 Å². The maximum absolute atomic E-state index is 13.8. The molecule has 3 rings (SSSR count). The number of ketones is 1. The summed E-state index contributed by atoms with van der Waals surface area (Å²) in [5.74, 6) is -1.51. The molecule has 2 heterocycles. The third-order valence-corrected chi connectivity index (χ3v) is 4.53. The number of carbonyl (C=O) groups excluding carboxylic acids is 1. The Bertz CT molecular complexity index is 936. The summed E-state index contributed by atoms with van der Waals surface area (Å²) in [6.07, 6.45) is 0.411. The second kappa shape index (κ2) is 6.98. The molecule has 1 unspecified atom stereocenters. The number of Topliss-reactive ketones (excluding diaryl/α,β-unsaturated/α-hetero) is 1. The Morgan fingerprint density at radius 1 is 1.32 bits per heavy atom. The minimum Gasteiger partial charge on any atom is -0.420 e. The van der Waals surface area contributed by atoms with Crippen LogP contribution < -0.4 is 0 Å². The summed E-state index contributed by atoms with van der Waals surface area (Å²) >= 11 is 0.945. The first-order valence-corrected chi connectivity index (χ1v) is 8.30. The molecule has 0 aliphatic rings. The summed E-state index contributed by atoms with van der Waals surface area (Å²) in [6.45, 7) is 3.46. The molecule has 0 aliphatic carbocycles. The second-order valence-corrected chi connectivity index (χ2v) is 6.07. The van der Waals surface area contributed by atoms with Gasteiger partial charge in [-0.25, -0.2) is 4.39 Å². The number of hydrogen-bond donors (Lipinski definition) is 1. The summed E-state index contributed by atoms with van der Waals surface area (Å²) in [4.78, 5) is 12.8. The fourth-order valence-corrected chi connectivity index (χ4v) is 2.95. The highest BCUT2D eigenvalue weighted by Crippen LogP contribution is 2.27. The van der Waals surface area contributed by atoms with Gasteiger partial charge in [0.2, 0.25) is 11.7 Å². The lowest BCUT2D eigenvalue weighted by Crippen LogP contribution is -2.21. The highest BCUT2D eigenvalue weighted by molar-refractivity contribution is 7.09. The molecule has 0 aliphatic heterocycles. The van der Waals surface area contributed by atoms with Crippen molar-refractivity contribution < 1.29 is 13.6 Å². The molecule has 2 aromatic heterocycles. The predicted molar refractivity (Wildman–Crippen MR) is 89.4 cm³/mol. The Kier molecular flexibility index (Phi) is 4.75. The van der Waals surface area contributed by atoms with Crippen LogP contribution in [-0.2, 0) is 0 Å². The van der Waals surface area contributed by atoms with Crippen molar-refractivity contribution in [1.82, 2.24) is 19.8 Å². The van der Waals surface area contributed by atoms with Crippen LogP contribution in [0.1, 0.15) is 40.5 Å². The average molecular weight is 359 g/mol. The molecule has 0 amide bonds. The van der Waals surface area contributed by atoms with Gasteiger partial charge in [0.25, 0.3) is 5.89 Å². The van der Waals surface area contributed by atoms with Crippen LogP contribution in [0.4, 0.5) is 4.39 Å².